The molecule has 0 aromatic heterocycles. The van der Waals surface area contributed by atoms with Gasteiger partial charge in [0.1, 0.15) is 0 Å². The van der Waals surface area contributed by atoms with Gasteiger partial charge in [-0.05, 0) is 24.1 Å². The lowest BCUT2D eigenvalue weighted by Gasteiger charge is -2.10. The average Bonchev–Trinajstić information content (AvgIpc) is 2.32. The molecule has 0 saturated carbocycles. The van der Waals surface area contributed by atoms with Gasteiger partial charge in [0.05, 0.1) is 6.04 Å². The fourth-order valence-electron chi connectivity index (χ4n) is 1.40. The molecule has 0 aliphatic rings. The molecule has 0 aliphatic carbocycles. The van der Waals surface area contributed by atoms with E-state index in [0.29, 0.717) is 23.0 Å². The van der Waals surface area contributed by atoms with Crippen molar-refractivity contribution in [2.75, 3.05) is 6.54 Å². The van der Waals surface area contributed by atoms with Gasteiger partial charge in [0.25, 0.3) is 0 Å². The highest BCUT2D eigenvalue weighted by molar-refractivity contribution is 6.35. The van der Waals surface area contributed by atoms with E-state index < -0.39 is 6.04 Å². The Bertz CT molecular complexity index is 469. The summed E-state index contributed by atoms with van der Waals surface area (Å²) in [4.78, 5) is 11.5. The summed E-state index contributed by atoms with van der Waals surface area (Å²) < 4.78 is 0. The first kappa shape index (κ1) is 14.8. The number of carbonyl (C=O) groups excluding carboxylic acids is 1. The van der Waals surface area contributed by atoms with Crippen LogP contribution in [-0.4, -0.2) is 18.5 Å². The molecule has 1 aromatic carbocycles. The van der Waals surface area contributed by atoms with Crippen molar-refractivity contribution >= 4 is 29.1 Å². The minimum Gasteiger partial charge on any atom is -0.354 e. The topological polar surface area (TPSA) is 55.1 Å². The Labute approximate surface area is 117 Å². The summed E-state index contributed by atoms with van der Waals surface area (Å²) in [6.45, 7) is 0.457. The summed E-state index contributed by atoms with van der Waals surface area (Å²) in [5.41, 5.74) is 6.48. The first-order chi connectivity index (χ1) is 8.54. The fourth-order valence-corrected chi connectivity index (χ4v) is 1.90. The van der Waals surface area contributed by atoms with E-state index in [-0.39, 0.29) is 12.3 Å². The number of nitrogens with two attached hydrogens (primary N) is 1. The van der Waals surface area contributed by atoms with Gasteiger partial charge in [-0.15, -0.1) is 12.3 Å². The van der Waals surface area contributed by atoms with E-state index in [1.807, 2.05) is 6.07 Å². The molecule has 0 saturated heterocycles. The van der Waals surface area contributed by atoms with Crippen LogP contribution < -0.4 is 11.1 Å². The van der Waals surface area contributed by atoms with Gasteiger partial charge in [0.2, 0.25) is 5.91 Å². The van der Waals surface area contributed by atoms with Gasteiger partial charge in [0.15, 0.2) is 0 Å². The smallest absolute Gasteiger partial charge is 0.237 e. The van der Waals surface area contributed by atoms with E-state index in [4.69, 9.17) is 35.4 Å². The van der Waals surface area contributed by atoms with Crippen LogP contribution in [0, 0.1) is 12.3 Å². The van der Waals surface area contributed by atoms with Crippen LogP contribution in [0.15, 0.2) is 18.2 Å². The fraction of sp³-hybridized carbons (Fsp3) is 0.308. The quantitative estimate of drug-likeness (QED) is 0.813. The van der Waals surface area contributed by atoms with Crippen LogP contribution in [0.2, 0.25) is 10.0 Å². The molecule has 0 fully saturated rings. The molecule has 0 spiro atoms. The number of hydrogen-bond acceptors (Lipinski definition) is 2. The molecule has 18 heavy (non-hydrogen) atoms. The molecule has 5 heteroatoms. The zero-order chi connectivity index (χ0) is 13.5. The van der Waals surface area contributed by atoms with Crippen molar-refractivity contribution < 1.29 is 4.79 Å². The Kier molecular flexibility index (Phi) is 6.00. The predicted molar refractivity (Wildman–Crippen MR) is 74.6 cm³/mol. The van der Waals surface area contributed by atoms with Crippen molar-refractivity contribution in [1.29, 1.82) is 0 Å². The third-order valence-corrected chi connectivity index (χ3v) is 2.97. The average molecular weight is 285 g/mol. The molecule has 0 aliphatic heterocycles. The van der Waals surface area contributed by atoms with E-state index in [1.165, 1.54) is 0 Å². The highest BCUT2D eigenvalue weighted by Gasteiger charge is 2.11. The van der Waals surface area contributed by atoms with Crippen LogP contribution in [-0.2, 0) is 11.2 Å². The lowest BCUT2D eigenvalue weighted by atomic mass is 10.1. The highest BCUT2D eigenvalue weighted by Crippen LogP contribution is 2.20. The zero-order valence-electron chi connectivity index (χ0n) is 9.75. The summed E-state index contributed by atoms with van der Waals surface area (Å²) >= 11 is 11.8. The van der Waals surface area contributed by atoms with E-state index >= 15 is 0 Å². The molecule has 0 bridgehead atoms. The molecular weight excluding hydrogens is 271 g/mol. The van der Waals surface area contributed by atoms with Crippen molar-refractivity contribution in [1.82, 2.24) is 5.32 Å². The summed E-state index contributed by atoms with van der Waals surface area (Å²) in [7, 11) is 0. The second kappa shape index (κ2) is 7.27. The normalized spacial score (nSPS) is 11.7. The Morgan fingerprint density at radius 3 is 2.83 bits per heavy atom. The Morgan fingerprint density at radius 2 is 2.22 bits per heavy atom. The molecule has 0 heterocycles. The first-order valence-corrected chi connectivity index (χ1v) is 6.21. The number of amides is 1. The molecule has 1 rings (SSSR count). The molecule has 0 radical (unpaired) electrons. The van der Waals surface area contributed by atoms with Crippen LogP contribution in [0.25, 0.3) is 0 Å². The van der Waals surface area contributed by atoms with E-state index in [0.717, 1.165) is 5.56 Å². The number of hydrogen-bond donors (Lipinski definition) is 2. The van der Waals surface area contributed by atoms with Crippen molar-refractivity contribution in [3.05, 3.63) is 33.8 Å². The number of rotatable bonds is 5. The number of terminal acetylenes is 1. The number of benzene rings is 1. The SMILES string of the molecule is C#CCC(N)C(=O)NCCc1ccc(Cl)cc1Cl. The summed E-state index contributed by atoms with van der Waals surface area (Å²) in [6, 6.07) is 4.60. The minimum absolute atomic E-state index is 0.230. The Morgan fingerprint density at radius 1 is 1.50 bits per heavy atom. The molecule has 1 atom stereocenters. The van der Waals surface area contributed by atoms with Gasteiger partial charge >= 0.3 is 0 Å². The monoisotopic (exact) mass is 284 g/mol. The summed E-state index contributed by atoms with van der Waals surface area (Å²) in [5, 5.41) is 3.88. The van der Waals surface area contributed by atoms with Crippen molar-refractivity contribution in [2.45, 2.75) is 18.9 Å². The van der Waals surface area contributed by atoms with Gasteiger partial charge in [-0.3, -0.25) is 4.79 Å². The van der Waals surface area contributed by atoms with Crippen LogP contribution >= 0.6 is 23.2 Å². The van der Waals surface area contributed by atoms with Crippen molar-refractivity contribution in [3.63, 3.8) is 0 Å². The zero-order valence-corrected chi connectivity index (χ0v) is 11.3. The van der Waals surface area contributed by atoms with Crippen LogP contribution in [0.3, 0.4) is 0 Å². The van der Waals surface area contributed by atoms with Gasteiger partial charge in [-0.1, -0.05) is 29.3 Å². The minimum atomic E-state index is -0.657. The maximum atomic E-state index is 11.5. The maximum absolute atomic E-state index is 11.5. The Balaban J connectivity index is 2.42. The van der Waals surface area contributed by atoms with Crippen LogP contribution in [0.5, 0.6) is 0 Å². The second-order valence-corrected chi connectivity index (χ2v) is 4.64. The van der Waals surface area contributed by atoms with Gasteiger partial charge in [-0.25, -0.2) is 0 Å². The van der Waals surface area contributed by atoms with Crippen molar-refractivity contribution in [3.8, 4) is 12.3 Å². The third kappa shape index (κ3) is 4.58. The van der Waals surface area contributed by atoms with E-state index in [2.05, 4.69) is 11.2 Å². The van der Waals surface area contributed by atoms with E-state index in [9.17, 15) is 4.79 Å². The first-order valence-electron chi connectivity index (χ1n) is 5.45. The lowest BCUT2D eigenvalue weighted by Crippen LogP contribution is -2.41. The van der Waals surface area contributed by atoms with Gasteiger partial charge in [-0.2, -0.15) is 0 Å². The lowest BCUT2D eigenvalue weighted by molar-refractivity contribution is -0.122. The summed E-state index contributed by atoms with van der Waals surface area (Å²) in [6.07, 6.45) is 5.93. The Hall–Kier alpha value is -1.21. The highest BCUT2D eigenvalue weighted by atomic mass is 35.5. The van der Waals surface area contributed by atoms with Crippen LogP contribution in [0.1, 0.15) is 12.0 Å². The number of carbonyl (C=O) groups is 1. The number of nitrogens with one attached hydrogen (secondary N) is 1. The van der Waals surface area contributed by atoms with Crippen LogP contribution in [0.4, 0.5) is 0 Å². The predicted octanol–water partition coefficient (Wildman–Crippen LogP) is 2.00. The second-order valence-electron chi connectivity index (χ2n) is 3.79. The molecule has 1 amide bonds. The molecule has 3 N–H and O–H groups in total. The number of halogens is 2. The third-order valence-electron chi connectivity index (χ3n) is 2.38. The van der Waals surface area contributed by atoms with E-state index in [1.54, 1.807) is 12.1 Å². The molecular formula is C13H14Cl2N2O. The molecule has 1 unspecified atom stereocenters. The summed E-state index contributed by atoms with van der Waals surface area (Å²) in [5.74, 6) is 2.10. The van der Waals surface area contributed by atoms with Gasteiger partial charge in [0, 0.05) is 23.0 Å². The maximum Gasteiger partial charge on any atom is 0.237 e. The van der Waals surface area contributed by atoms with Gasteiger partial charge < -0.3 is 11.1 Å². The molecule has 96 valence electrons. The molecule has 3 nitrogen and oxygen atoms in total. The molecule has 1 aromatic rings. The van der Waals surface area contributed by atoms with Crippen molar-refractivity contribution in [2.24, 2.45) is 5.73 Å². The standard InChI is InChI=1S/C13H14Cl2N2O/c1-2-3-12(16)13(18)17-7-6-9-4-5-10(14)8-11(9)15/h1,4-5,8,12H,3,6-7,16H2,(H,17,18). The largest absolute Gasteiger partial charge is 0.354 e.